The van der Waals surface area contributed by atoms with Gasteiger partial charge in [-0.05, 0) is 25.3 Å². The van der Waals surface area contributed by atoms with Crippen molar-refractivity contribution in [3.63, 3.8) is 0 Å². The molecule has 28 heavy (non-hydrogen) atoms. The monoisotopic (exact) mass is 404 g/mol. The van der Waals surface area contributed by atoms with Crippen molar-refractivity contribution in [2.75, 3.05) is 13.1 Å². The maximum absolute atomic E-state index is 12.3. The van der Waals surface area contributed by atoms with Gasteiger partial charge in [0.05, 0.1) is 28.6 Å². The van der Waals surface area contributed by atoms with Crippen LogP contribution in [0.2, 0.25) is 0 Å². The first kappa shape index (κ1) is 18.6. The molecule has 3 heterocycles. The van der Waals surface area contributed by atoms with E-state index in [0.717, 1.165) is 19.1 Å². The summed E-state index contributed by atoms with van der Waals surface area (Å²) in [6.45, 7) is 0.874. The van der Waals surface area contributed by atoms with Gasteiger partial charge in [-0.15, -0.1) is 0 Å². The van der Waals surface area contributed by atoms with Crippen LogP contribution in [0, 0.1) is 5.41 Å². The molecule has 0 bridgehead atoms. The lowest BCUT2D eigenvalue weighted by Crippen LogP contribution is -2.35. The largest absolute Gasteiger partial charge is 0.493 e. The van der Waals surface area contributed by atoms with E-state index in [2.05, 4.69) is 20.3 Å². The summed E-state index contributed by atoms with van der Waals surface area (Å²) in [4.78, 5) is 12.0. The number of pyridine rings is 1. The lowest BCUT2D eigenvalue weighted by Gasteiger charge is -2.16. The highest BCUT2D eigenvalue weighted by molar-refractivity contribution is 7.90. The third-order valence-electron chi connectivity index (χ3n) is 4.73. The van der Waals surface area contributed by atoms with Crippen LogP contribution in [-0.2, 0) is 10.0 Å². The normalized spacial score (nSPS) is 21.0. The van der Waals surface area contributed by atoms with E-state index in [9.17, 15) is 13.5 Å². The molecule has 11 heteroatoms. The summed E-state index contributed by atoms with van der Waals surface area (Å²) in [6, 6.07) is 1.41. The van der Waals surface area contributed by atoms with Crippen molar-refractivity contribution in [2.24, 2.45) is 0 Å². The summed E-state index contributed by atoms with van der Waals surface area (Å²) < 4.78 is 31.6. The molecular weight excluding hydrogens is 384 g/mol. The number of fused-ring (bicyclic) bond motifs is 1. The van der Waals surface area contributed by atoms with Crippen LogP contribution in [0.15, 0.2) is 30.4 Å². The topological polar surface area (TPSA) is 141 Å². The van der Waals surface area contributed by atoms with Crippen LogP contribution in [0.4, 0.5) is 0 Å². The van der Waals surface area contributed by atoms with Crippen LogP contribution in [0.25, 0.3) is 10.9 Å². The minimum absolute atomic E-state index is 0.0674. The minimum Gasteiger partial charge on any atom is -0.493 e. The lowest BCUT2D eigenvalue weighted by atomic mass is 10.3. The van der Waals surface area contributed by atoms with Crippen LogP contribution in [0.5, 0.6) is 11.9 Å². The zero-order chi connectivity index (χ0) is 19.7. The zero-order valence-electron chi connectivity index (χ0n) is 14.9. The quantitative estimate of drug-likeness (QED) is 0.453. The predicted octanol–water partition coefficient (Wildman–Crippen LogP) is 0.756. The summed E-state index contributed by atoms with van der Waals surface area (Å²) in [6.07, 6.45) is 7.63. The van der Waals surface area contributed by atoms with Gasteiger partial charge in [-0.3, -0.25) is 4.98 Å². The molecule has 3 N–H and O–H groups in total. The van der Waals surface area contributed by atoms with E-state index in [4.69, 9.17) is 10.1 Å². The fourth-order valence-electron chi connectivity index (χ4n) is 3.07. The second-order valence-corrected chi connectivity index (χ2v) is 8.98. The van der Waals surface area contributed by atoms with Gasteiger partial charge in [0.15, 0.2) is 5.76 Å². The lowest BCUT2D eigenvalue weighted by molar-refractivity contribution is 0.393. The van der Waals surface area contributed by atoms with E-state index in [1.165, 1.54) is 22.9 Å². The smallest absolute Gasteiger partial charge is 0.326 e. The van der Waals surface area contributed by atoms with Crippen molar-refractivity contribution in [2.45, 2.75) is 30.6 Å². The van der Waals surface area contributed by atoms with Gasteiger partial charge in [-0.1, -0.05) is 0 Å². The molecule has 10 nitrogen and oxygen atoms in total. The first-order valence-corrected chi connectivity index (χ1v) is 10.4. The minimum atomic E-state index is -3.17. The molecule has 0 spiro atoms. The molecular formula is C17H20N6O4S. The van der Waals surface area contributed by atoms with Crippen molar-refractivity contribution in [3.8, 4) is 11.9 Å². The number of nitrogens with zero attached hydrogens (tertiary/aromatic N) is 4. The van der Waals surface area contributed by atoms with Crippen molar-refractivity contribution < 1.29 is 18.3 Å². The van der Waals surface area contributed by atoms with Gasteiger partial charge in [0.2, 0.25) is 15.9 Å². The maximum atomic E-state index is 12.3. The number of ether oxygens (including phenoxy) is 1. The molecule has 2 aromatic heterocycles. The molecule has 1 aliphatic heterocycles. The fraction of sp³-hybridized carbons (Fsp3) is 0.412. The molecule has 0 aromatic carbocycles. The van der Waals surface area contributed by atoms with E-state index >= 15 is 0 Å². The summed E-state index contributed by atoms with van der Waals surface area (Å²) >= 11 is 0. The summed E-state index contributed by atoms with van der Waals surface area (Å²) in [5, 5.41) is 20.8. The number of aromatic hydroxyl groups is 1. The zero-order valence-corrected chi connectivity index (χ0v) is 15.8. The average Bonchev–Trinajstić information content (AvgIpc) is 3.44. The van der Waals surface area contributed by atoms with Gasteiger partial charge in [0.25, 0.3) is 0 Å². The second kappa shape index (κ2) is 7.32. The van der Waals surface area contributed by atoms with Crippen LogP contribution in [0.3, 0.4) is 0 Å². The third-order valence-corrected chi connectivity index (χ3v) is 7.09. The number of hydrogen-bond acceptors (Lipinski definition) is 9. The van der Waals surface area contributed by atoms with Crippen molar-refractivity contribution >= 4 is 27.1 Å². The van der Waals surface area contributed by atoms with Gasteiger partial charge in [0.1, 0.15) is 0 Å². The van der Waals surface area contributed by atoms with E-state index in [0.29, 0.717) is 30.4 Å². The van der Waals surface area contributed by atoms with Gasteiger partial charge in [-0.25, -0.2) is 8.42 Å². The Balaban J connectivity index is 1.42. The number of nitrogens with one attached hydrogen (secondary N) is 2. The molecule has 2 aliphatic rings. The SMILES string of the molecule is N=C/C(=C\N[C@H]1CCN(S(=O)(=O)C2CC2)C1)Oc1nc(O)c2ccncc2n1. The molecule has 2 fully saturated rings. The number of sulfonamides is 1. The molecule has 1 saturated carbocycles. The third kappa shape index (κ3) is 3.76. The number of aromatic nitrogens is 3. The molecule has 148 valence electrons. The molecule has 0 unspecified atom stereocenters. The van der Waals surface area contributed by atoms with E-state index in [1.54, 1.807) is 6.07 Å². The Morgan fingerprint density at radius 3 is 2.93 bits per heavy atom. The first-order chi connectivity index (χ1) is 13.5. The van der Waals surface area contributed by atoms with Gasteiger partial charge < -0.3 is 20.6 Å². The highest BCUT2D eigenvalue weighted by Gasteiger charge is 2.42. The van der Waals surface area contributed by atoms with Crippen LogP contribution >= 0.6 is 0 Å². The van der Waals surface area contributed by atoms with E-state index in [-0.39, 0.29) is 28.9 Å². The molecule has 0 radical (unpaired) electrons. The molecule has 4 rings (SSSR count). The van der Waals surface area contributed by atoms with Crippen LogP contribution < -0.4 is 10.1 Å². The van der Waals surface area contributed by atoms with Gasteiger partial charge >= 0.3 is 6.01 Å². The van der Waals surface area contributed by atoms with Crippen LogP contribution in [0.1, 0.15) is 19.3 Å². The summed E-state index contributed by atoms with van der Waals surface area (Å²) in [5.74, 6) is -0.109. The Hall–Kier alpha value is -2.79. The maximum Gasteiger partial charge on any atom is 0.326 e. The predicted molar refractivity (Wildman–Crippen MR) is 102 cm³/mol. The number of hydrogen-bond donors (Lipinski definition) is 3. The number of allylic oxidation sites excluding steroid dienone is 1. The molecule has 0 amide bonds. The summed E-state index contributed by atoms with van der Waals surface area (Å²) in [7, 11) is -3.17. The Labute approximate surface area is 161 Å². The Bertz CT molecular complexity index is 1040. The van der Waals surface area contributed by atoms with E-state index in [1.807, 2.05) is 0 Å². The van der Waals surface area contributed by atoms with Crippen molar-refractivity contribution in [3.05, 3.63) is 30.4 Å². The highest BCUT2D eigenvalue weighted by atomic mass is 32.2. The van der Waals surface area contributed by atoms with Crippen LogP contribution in [-0.4, -0.2) is 63.4 Å². The average molecular weight is 404 g/mol. The van der Waals surface area contributed by atoms with Crippen molar-refractivity contribution in [1.29, 1.82) is 5.41 Å². The van der Waals surface area contributed by atoms with E-state index < -0.39 is 10.0 Å². The molecule has 1 saturated heterocycles. The highest BCUT2D eigenvalue weighted by Crippen LogP contribution is 2.32. The number of rotatable bonds is 7. The summed E-state index contributed by atoms with van der Waals surface area (Å²) in [5.41, 5.74) is 0.416. The molecule has 1 aliphatic carbocycles. The first-order valence-electron chi connectivity index (χ1n) is 8.91. The van der Waals surface area contributed by atoms with Gasteiger partial charge in [-0.2, -0.15) is 14.3 Å². The Morgan fingerprint density at radius 1 is 1.36 bits per heavy atom. The van der Waals surface area contributed by atoms with Crippen molar-refractivity contribution in [1.82, 2.24) is 24.6 Å². The molecule has 2 aromatic rings. The standard InChI is InChI=1S/C17H20N6O4S/c18-7-12(27-17-21-15-9-19-5-3-14(15)16(24)22-17)8-20-11-4-6-23(10-11)28(25,26)13-1-2-13/h3,5,7-9,11,13,18,20H,1-2,4,6,10H2,(H,21,22,24)/b12-8+,18-7?/t11-/m0/s1. The Kier molecular flexibility index (Phi) is 4.85. The second-order valence-electron chi connectivity index (χ2n) is 6.77. The Morgan fingerprint density at radius 2 is 2.18 bits per heavy atom. The molecule has 1 atom stereocenters. The van der Waals surface area contributed by atoms with Gasteiger partial charge in [0, 0.05) is 31.5 Å². The fourth-order valence-corrected chi connectivity index (χ4v) is 4.97.